The van der Waals surface area contributed by atoms with Crippen molar-refractivity contribution in [3.8, 4) is 5.75 Å². The van der Waals surface area contributed by atoms with Crippen LogP contribution in [-0.4, -0.2) is 38.2 Å². The van der Waals surface area contributed by atoms with Crippen LogP contribution >= 0.6 is 0 Å². The Bertz CT molecular complexity index is 500. The average Bonchev–Trinajstić information content (AvgIpc) is 2.60. The fourth-order valence-corrected chi connectivity index (χ4v) is 2.81. The molecule has 1 rings (SSSR count). The van der Waals surface area contributed by atoms with E-state index in [1.807, 2.05) is 30.3 Å². The van der Waals surface area contributed by atoms with Gasteiger partial charge in [0.2, 0.25) is 0 Å². The van der Waals surface area contributed by atoms with Crippen molar-refractivity contribution in [1.29, 1.82) is 0 Å². The summed E-state index contributed by atoms with van der Waals surface area (Å²) in [6.07, 6.45) is 3.09. The number of unbranched alkanes of at least 4 members (excludes halogenated alkanes) is 1. The zero-order chi connectivity index (χ0) is 18.5. The number of Topliss-reactive ketones (excluding diaryl/α,β-unsaturated/α-hetero) is 1. The van der Waals surface area contributed by atoms with E-state index in [0.717, 1.165) is 18.6 Å². The number of ether oxygens (including phenoxy) is 3. The number of hydrogen-bond acceptors (Lipinski definition) is 5. The first-order valence-corrected chi connectivity index (χ1v) is 8.95. The summed E-state index contributed by atoms with van der Waals surface area (Å²) in [4.78, 5) is 23.4. The van der Waals surface area contributed by atoms with Crippen molar-refractivity contribution in [1.82, 2.24) is 0 Å². The third kappa shape index (κ3) is 8.68. The zero-order valence-corrected chi connectivity index (χ0v) is 15.5. The van der Waals surface area contributed by atoms with Crippen LogP contribution in [0.1, 0.15) is 46.0 Å². The van der Waals surface area contributed by atoms with E-state index in [-0.39, 0.29) is 23.8 Å². The Balaban J connectivity index is 2.39. The molecule has 5 heteroatoms. The molecular formula is C20H30O5. The molecule has 1 aromatic carbocycles. The summed E-state index contributed by atoms with van der Waals surface area (Å²) in [6.45, 7) is 4.29. The van der Waals surface area contributed by atoms with Crippen molar-refractivity contribution in [2.75, 3.05) is 20.3 Å². The third-order valence-corrected chi connectivity index (χ3v) is 4.14. The third-order valence-electron chi connectivity index (χ3n) is 4.14. The van der Waals surface area contributed by atoms with Gasteiger partial charge in [0.1, 0.15) is 11.5 Å². The van der Waals surface area contributed by atoms with Crippen molar-refractivity contribution < 1.29 is 23.8 Å². The van der Waals surface area contributed by atoms with Crippen LogP contribution < -0.4 is 4.74 Å². The Morgan fingerprint density at radius 1 is 1.08 bits per heavy atom. The maximum absolute atomic E-state index is 12.0. The van der Waals surface area contributed by atoms with Crippen LogP contribution in [0.5, 0.6) is 5.75 Å². The van der Waals surface area contributed by atoms with Crippen LogP contribution in [-0.2, 0) is 19.1 Å². The molecule has 0 fully saturated rings. The first-order chi connectivity index (χ1) is 12.1. The highest BCUT2D eigenvalue weighted by molar-refractivity contribution is 5.78. The van der Waals surface area contributed by atoms with E-state index in [9.17, 15) is 9.59 Å². The lowest BCUT2D eigenvalue weighted by Gasteiger charge is -2.24. The Labute approximate surface area is 150 Å². The van der Waals surface area contributed by atoms with E-state index in [0.29, 0.717) is 32.5 Å². The molecule has 2 unspecified atom stereocenters. The number of para-hydroxylation sites is 1. The molecule has 0 aliphatic heterocycles. The maximum atomic E-state index is 12.0. The molecule has 0 N–H and O–H groups in total. The molecule has 140 valence electrons. The van der Waals surface area contributed by atoms with E-state index in [1.54, 1.807) is 21.0 Å². The Kier molecular flexibility index (Phi) is 10.6. The first-order valence-electron chi connectivity index (χ1n) is 8.95. The van der Waals surface area contributed by atoms with Gasteiger partial charge >= 0.3 is 5.97 Å². The lowest BCUT2D eigenvalue weighted by Crippen LogP contribution is -2.30. The number of ketones is 1. The number of rotatable bonds is 13. The van der Waals surface area contributed by atoms with Gasteiger partial charge in [-0.1, -0.05) is 24.6 Å². The van der Waals surface area contributed by atoms with Crippen LogP contribution in [0.4, 0.5) is 0 Å². The molecule has 5 nitrogen and oxygen atoms in total. The zero-order valence-electron chi connectivity index (χ0n) is 15.5. The van der Waals surface area contributed by atoms with E-state index in [2.05, 4.69) is 0 Å². The van der Waals surface area contributed by atoms with E-state index < -0.39 is 0 Å². The van der Waals surface area contributed by atoms with Crippen molar-refractivity contribution in [2.45, 2.75) is 52.1 Å². The molecule has 0 radical (unpaired) electrons. The molecule has 0 saturated carbocycles. The van der Waals surface area contributed by atoms with Gasteiger partial charge in [-0.25, -0.2) is 0 Å². The lowest BCUT2D eigenvalue weighted by molar-refractivity contribution is -0.143. The second-order valence-corrected chi connectivity index (χ2v) is 5.99. The number of hydrogen-bond donors (Lipinski definition) is 0. The molecule has 0 bridgehead atoms. The second-order valence-electron chi connectivity index (χ2n) is 5.99. The minimum Gasteiger partial charge on any atom is -0.493 e. The molecule has 0 saturated heterocycles. The van der Waals surface area contributed by atoms with Gasteiger partial charge in [-0.05, 0) is 38.8 Å². The summed E-state index contributed by atoms with van der Waals surface area (Å²) in [5.41, 5.74) is 0. The Hall–Kier alpha value is -1.88. The molecular weight excluding hydrogens is 320 g/mol. The summed E-state index contributed by atoms with van der Waals surface area (Å²) >= 11 is 0. The largest absolute Gasteiger partial charge is 0.493 e. The lowest BCUT2D eigenvalue weighted by atomic mass is 9.90. The van der Waals surface area contributed by atoms with Crippen LogP contribution in [0, 0.1) is 5.92 Å². The van der Waals surface area contributed by atoms with Crippen molar-refractivity contribution in [3.05, 3.63) is 30.3 Å². The predicted octanol–water partition coefficient (Wildman–Crippen LogP) is 3.80. The Morgan fingerprint density at radius 2 is 1.80 bits per heavy atom. The van der Waals surface area contributed by atoms with Gasteiger partial charge in [-0.2, -0.15) is 0 Å². The summed E-state index contributed by atoms with van der Waals surface area (Å²) < 4.78 is 16.1. The summed E-state index contributed by atoms with van der Waals surface area (Å²) in [7, 11) is 1.63. The number of benzene rings is 1. The molecule has 0 aliphatic carbocycles. The van der Waals surface area contributed by atoms with Crippen LogP contribution in [0.15, 0.2) is 30.3 Å². The average molecular weight is 350 g/mol. The monoisotopic (exact) mass is 350 g/mol. The van der Waals surface area contributed by atoms with Crippen LogP contribution in [0.25, 0.3) is 0 Å². The molecule has 1 aromatic rings. The first kappa shape index (κ1) is 21.2. The smallest absolute Gasteiger partial charge is 0.305 e. The normalized spacial score (nSPS) is 13.1. The van der Waals surface area contributed by atoms with Crippen molar-refractivity contribution in [2.24, 2.45) is 5.92 Å². The van der Waals surface area contributed by atoms with Gasteiger partial charge in [0.15, 0.2) is 0 Å². The molecule has 0 spiro atoms. The van der Waals surface area contributed by atoms with Gasteiger partial charge in [0, 0.05) is 25.9 Å². The maximum Gasteiger partial charge on any atom is 0.305 e. The predicted molar refractivity (Wildman–Crippen MR) is 96.6 cm³/mol. The van der Waals surface area contributed by atoms with Gasteiger partial charge in [-0.15, -0.1) is 0 Å². The molecule has 2 atom stereocenters. The fourth-order valence-electron chi connectivity index (χ4n) is 2.81. The van der Waals surface area contributed by atoms with Crippen LogP contribution in [0.3, 0.4) is 0 Å². The Morgan fingerprint density at radius 3 is 2.40 bits per heavy atom. The highest BCUT2D eigenvalue weighted by atomic mass is 16.5. The summed E-state index contributed by atoms with van der Waals surface area (Å²) in [5.74, 6) is 0.571. The molecule has 0 aromatic heterocycles. The second kappa shape index (κ2) is 12.5. The number of carbonyl (C=O) groups is 2. The standard InChI is InChI=1S/C20H30O5/c1-4-24-20(22)13-9-8-12-18(16(2)21)19(23-3)14-15-25-17-10-6-5-7-11-17/h5-7,10-11,18-19H,4,8-9,12-15H2,1-3H3. The molecule has 25 heavy (non-hydrogen) atoms. The summed E-state index contributed by atoms with van der Waals surface area (Å²) in [6, 6.07) is 9.59. The number of carbonyl (C=O) groups excluding carboxylic acids is 2. The highest BCUT2D eigenvalue weighted by Crippen LogP contribution is 2.21. The minimum atomic E-state index is -0.179. The molecule has 0 heterocycles. The number of esters is 1. The SMILES string of the molecule is CCOC(=O)CCCCC(C(C)=O)C(CCOc1ccccc1)OC. The van der Waals surface area contributed by atoms with Gasteiger partial charge in [-0.3, -0.25) is 9.59 Å². The van der Waals surface area contributed by atoms with Crippen LogP contribution in [0.2, 0.25) is 0 Å². The fraction of sp³-hybridized carbons (Fsp3) is 0.600. The van der Waals surface area contributed by atoms with Crippen molar-refractivity contribution >= 4 is 11.8 Å². The topological polar surface area (TPSA) is 61.8 Å². The van der Waals surface area contributed by atoms with E-state index in [1.165, 1.54) is 0 Å². The van der Waals surface area contributed by atoms with E-state index >= 15 is 0 Å². The quantitative estimate of drug-likeness (QED) is 0.400. The van der Waals surface area contributed by atoms with Gasteiger partial charge in [0.05, 0.1) is 19.3 Å². The summed E-state index contributed by atoms with van der Waals surface area (Å²) in [5, 5.41) is 0. The highest BCUT2D eigenvalue weighted by Gasteiger charge is 2.25. The van der Waals surface area contributed by atoms with Gasteiger partial charge < -0.3 is 14.2 Å². The van der Waals surface area contributed by atoms with E-state index in [4.69, 9.17) is 14.2 Å². The van der Waals surface area contributed by atoms with Crippen molar-refractivity contribution in [3.63, 3.8) is 0 Å². The minimum absolute atomic E-state index is 0.114. The molecule has 0 aliphatic rings. The molecule has 0 amide bonds. The number of methoxy groups -OCH3 is 1. The van der Waals surface area contributed by atoms with Gasteiger partial charge in [0.25, 0.3) is 0 Å².